The number of ketones is 1. The zero-order chi connectivity index (χ0) is 25.1. The molecule has 2 saturated heterocycles. The predicted octanol–water partition coefficient (Wildman–Crippen LogP) is 4.64. The third-order valence-electron chi connectivity index (χ3n) is 6.42. The van der Waals surface area contributed by atoms with Crippen molar-refractivity contribution in [2.45, 2.75) is 45.8 Å². The fraction of sp³-hybridized carbons (Fsp3) is 0.429. The van der Waals surface area contributed by atoms with Crippen LogP contribution in [0.15, 0.2) is 48.0 Å². The van der Waals surface area contributed by atoms with Gasteiger partial charge in [-0.1, -0.05) is 32.0 Å². The average molecular weight is 480 g/mol. The Labute approximate surface area is 206 Å². The van der Waals surface area contributed by atoms with Crippen LogP contribution in [0.25, 0.3) is 5.76 Å². The molecule has 0 aliphatic carbocycles. The van der Waals surface area contributed by atoms with Crippen molar-refractivity contribution in [2.24, 2.45) is 5.92 Å². The quantitative estimate of drug-likeness (QED) is 0.337. The normalized spacial score (nSPS) is 21.7. The van der Waals surface area contributed by atoms with Crippen molar-refractivity contribution in [3.8, 4) is 11.5 Å². The van der Waals surface area contributed by atoms with E-state index in [4.69, 9.17) is 14.2 Å². The van der Waals surface area contributed by atoms with E-state index in [1.54, 1.807) is 31.4 Å². The number of nitrogens with zero attached hydrogens (tertiary/aromatic N) is 1. The van der Waals surface area contributed by atoms with Gasteiger partial charge in [0.15, 0.2) is 0 Å². The van der Waals surface area contributed by atoms with Crippen LogP contribution in [0.5, 0.6) is 11.5 Å². The maximum Gasteiger partial charge on any atom is 0.295 e. The summed E-state index contributed by atoms with van der Waals surface area (Å²) in [5.74, 6) is 0.0585. The van der Waals surface area contributed by atoms with E-state index in [0.717, 1.165) is 24.2 Å². The molecule has 2 aliphatic rings. The van der Waals surface area contributed by atoms with E-state index in [-0.39, 0.29) is 24.0 Å². The standard InChI is InChI=1S/C28H33NO6/c1-17(2)16-35-22-12-11-19(14-18(22)3)26(30)24-25(21-9-5-6-10-23(21)33-4)29(28(32)27(24)31)15-20-8-7-13-34-20/h5-6,9-12,14,17,20,25,30H,7-8,13,15-16H2,1-4H3/b26-24+. The molecule has 7 nitrogen and oxygen atoms in total. The molecular formula is C28H33NO6. The second-order valence-electron chi connectivity index (χ2n) is 9.51. The first-order valence-corrected chi connectivity index (χ1v) is 12.1. The third kappa shape index (κ3) is 5.05. The molecule has 4 rings (SSSR count). The van der Waals surface area contributed by atoms with Gasteiger partial charge in [-0.2, -0.15) is 0 Å². The number of ether oxygens (including phenoxy) is 3. The topological polar surface area (TPSA) is 85.3 Å². The van der Waals surface area contributed by atoms with Crippen LogP contribution in [0, 0.1) is 12.8 Å². The maximum absolute atomic E-state index is 13.3. The number of rotatable bonds is 8. The van der Waals surface area contributed by atoms with E-state index < -0.39 is 17.7 Å². The lowest BCUT2D eigenvalue weighted by Gasteiger charge is -2.28. The van der Waals surface area contributed by atoms with Crippen LogP contribution in [0.1, 0.15) is 49.4 Å². The largest absolute Gasteiger partial charge is 0.507 e. The number of methoxy groups -OCH3 is 1. The number of carbonyl (C=O) groups is 2. The Balaban J connectivity index is 1.79. The Morgan fingerprint density at radius 1 is 1.17 bits per heavy atom. The van der Waals surface area contributed by atoms with Gasteiger partial charge in [0.25, 0.3) is 11.7 Å². The molecule has 0 aromatic heterocycles. The van der Waals surface area contributed by atoms with Crippen LogP contribution in [0.2, 0.25) is 0 Å². The fourth-order valence-corrected chi connectivity index (χ4v) is 4.66. The van der Waals surface area contributed by atoms with Crippen LogP contribution in [-0.2, 0) is 14.3 Å². The lowest BCUT2D eigenvalue weighted by atomic mass is 9.94. The van der Waals surface area contributed by atoms with Crippen LogP contribution < -0.4 is 9.47 Å². The molecule has 2 aromatic rings. The Bertz CT molecular complexity index is 1130. The molecule has 2 aromatic carbocycles. The number of amides is 1. The second-order valence-corrected chi connectivity index (χ2v) is 9.51. The first kappa shape index (κ1) is 24.8. The van der Waals surface area contributed by atoms with Gasteiger partial charge in [-0.3, -0.25) is 9.59 Å². The monoisotopic (exact) mass is 479 g/mol. The smallest absolute Gasteiger partial charge is 0.295 e. The fourth-order valence-electron chi connectivity index (χ4n) is 4.66. The van der Waals surface area contributed by atoms with Gasteiger partial charge in [0.2, 0.25) is 0 Å². The Morgan fingerprint density at radius 3 is 2.60 bits per heavy atom. The first-order valence-electron chi connectivity index (χ1n) is 12.1. The predicted molar refractivity (Wildman–Crippen MR) is 132 cm³/mol. The highest BCUT2D eigenvalue weighted by molar-refractivity contribution is 6.46. The molecule has 0 radical (unpaired) electrons. The molecule has 7 heteroatoms. The van der Waals surface area contributed by atoms with E-state index >= 15 is 0 Å². The maximum atomic E-state index is 13.3. The van der Waals surface area contributed by atoms with Gasteiger partial charge < -0.3 is 24.2 Å². The van der Waals surface area contributed by atoms with Gasteiger partial charge in [0.1, 0.15) is 17.3 Å². The second kappa shape index (κ2) is 10.5. The summed E-state index contributed by atoms with van der Waals surface area (Å²) in [5.41, 5.74) is 1.97. The minimum atomic E-state index is -0.785. The van der Waals surface area contributed by atoms with Crippen LogP contribution in [-0.4, -0.2) is 54.7 Å². The number of likely N-dealkylation sites (tertiary alicyclic amines) is 1. The molecule has 186 valence electrons. The summed E-state index contributed by atoms with van der Waals surface area (Å²) in [6.07, 6.45) is 1.59. The van der Waals surface area contributed by atoms with Crippen molar-refractivity contribution in [3.63, 3.8) is 0 Å². The van der Waals surface area contributed by atoms with Gasteiger partial charge in [-0.25, -0.2) is 0 Å². The van der Waals surface area contributed by atoms with Crippen molar-refractivity contribution in [2.75, 3.05) is 26.9 Å². The number of aliphatic hydroxyl groups is 1. The van der Waals surface area contributed by atoms with E-state index in [1.165, 1.54) is 4.90 Å². The summed E-state index contributed by atoms with van der Waals surface area (Å²) in [7, 11) is 1.55. The Morgan fingerprint density at radius 2 is 1.94 bits per heavy atom. The van der Waals surface area contributed by atoms with Crippen LogP contribution in [0.3, 0.4) is 0 Å². The molecule has 0 spiro atoms. The highest BCUT2D eigenvalue weighted by atomic mass is 16.5. The van der Waals surface area contributed by atoms with Crippen molar-refractivity contribution >= 4 is 17.4 Å². The van der Waals surface area contributed by atoms with Crippen molar-refractivity contribution < 1.29 is 28.9 Å². The summed E-state index contributed by atoms with van der Waals surface area (Å²) in [5, 5.41) is 11.4. The van der Waals surface area contributed by atoms with Crippen molar-refractivity contribution in [3.05, 3.63) is 64.7 Å². The van der Waals surface area contributed by atoms with Gasteiger partial charge in [-0.05, 0) is 55.5 Å². The Hall–Kier alpha value is -3.32. The SMILES string of the molecule is COc1ccccc1C1/C(=C(\O)c2ccc(OCC(C)C)c(C)c2)C(=O)C(=O)N1CC1CCCO1. The number of para-hydroxylation sites is 1. The molecule has 2 aliphatic heterocycles. The van der Waals surface area contributed by atoms with E-state index in [9.17, 15) is 14.7 Å². The molecule has 2 atom stereocenters. The molecule has 0 bridgehead atoms. The Kier molecular flexibility index (Phi) is 7.45. The van der Waals surface area contributed by atoms with Crippen molar-refractivity contribution in [1.29, 1.82) is 0 Å². The molecule has 35 heavy (non-hydrogen) atoms. The van der Waals surface area contributed by atoms with E-state index in [2.05, 4.69) is 13.8 Å². The van der Waals surface area contributed by atoms with E-state index in [0.29, 0.717) is 36.0 Å². The molecule has 2 heterocycles. The molecule has 2 unspecified atom stereocenters. The van der Waals surface area contributed by atoms with Crippen molar-refractivity contribution in [1.82, 2.24) is 4.90 Å². The van der Waals surface area contributed by atoms with Crippen LogP contribution in [0.4, 0.5) is 0 Å². The van der Waals surface area contributed by atoms with Gasteiger partial charge in [0, 0.05) is 24.3 Å². The van der Waals surface area contributed by atoms with E-state index in [1.807, 2.05) is 25.1 Å². The van der Waals surface area contributed by atoms with Crippen LogP contribution >= 0.6 is 0 Å². The molecule has 2 fully saturated rings. The summed E-state index contributed by atoms with van der Waals surface area (Å²) < 4.78 is 17.2. The highest BCUT2D eigenvalue weighted by Crippen LogP contribution is 2.43. The number of hydrogen-bond acceptors (Lipinski definition) is 6. The highest BCUT2D eigenvalue weighted by Gasteiger charge is 2.48. The minimum Gasteiger partial charge on any atom is -0.507 e. The zero-order valence-corrected chi connectivity index (χ0v) is 20.7. The average Bonchev–Trinajstić information content (AvgIpc) is 3.45. The molecule has 1 amide bonds. The summed E-state index contributed by atoms with van der Waals surface area (Å²) in [6.45, 7) is 7.52. The lowest BCUT2D eigenvalue weighted by molar-refractivity contribution is -0.140. The molecule has 1 N–H and O–H groups in total. The third-order valence-corrected chi connectivity index (χ3v) is 6.42. The first-order chi connectivity index (χ1) is 16.8. The van der Waals surface area contributed by atoms with Gasteiger partial charge in [-0.15, -0.1) is 0 Å². The summed E-state index contributed by atoms with van der Waals surface area (Å²) in [6, 6.07) is 11.7. The minimum absolute atomic E-state index is 0.0488. The summed E-state index contributed by atoms with van der Waals surface area (Å²) in [4.78, 5) is 28.0. The number of aryl methyl sites for hydroxylation is 1. The number of benzene rings is 2. The molecular weight excluding hydrogens is 446 g/mol. The number of Topliss-reactive ketones (excluding diaryl/α,β-unsaturated/α-hetero) is 1. The summed E-state index contributed by atoms with van der Waals surface area (Å²) >= 11 is 0. The number of aliphatic hydroxyl groups excluding tert-OH is 1. The zero-order valence-electron chi connectivity index (χ0n) is 20.7. The lowest BCUT2D eigenvalue weighted by Crippen LogP contribution is -2.36. The number of hydrogen-bond donors (Lipinski definition) is 1. The molecule has 0 saturated carbocycles. The number of carbonyl (C=O) groups excluding carboxylic acids is 2. The van der Waals surface area contributed by atoms with Gasteiger partial charge >= 0.3 is 0 Å². The van der Waals surface area contributed by atoms with Gasteiger partial charge in [0.05, 0.1) is 31.4 Å².